The van der Waals surface area contributed by atoms with Crippen LogP contribution in [-0.2, 0) is 26.1 Å². The maximum atomic E-state index is 12.5. The summed E-state index contributed by atoms with van der Waals surface area (Å²) in [6.07, 6.45) is -0.388. The van der Waals surface area contributed by atoms with Crippen molar-refractivity contribution in [2.45, 2.75) is 18.4 Å². The molecule has 3 rings (SSSR count). The quantitative estimate of drug-likeness (QED) is 0.603. The number of piperazine rings is 1. The van der Waals surface area contributed by atoms with Crippen molar-refractivity contribution in [1.82, 2.24) is 14.5 Å². The standard InChI is InChI=1S/C22H26ClN3O6S/c1-2-31-22(28)26-12-10-25(11-13-26)21(27)16-32-20-9-8-18(14-19(20)23)33(29,30)24-15-17-6-4-3-5-7-17/h3-9,14,24H,2,10-13,15-16H2,1H3. The van der Waals surface area contributed by atoms with Gasteiger partial charge in [-0.25, -0.2) is 17.9 Å². The number of nitrogens with one attached hydrogen (secondary N) is 1. The van der Waals surface area contributed by atoms with Crippen LogP contribution in [0.2, 0.25) is 5.02 Å². The van der Waals surface area contributed by atoms with Gasteiger partial charge in [0.2, 0.25) is 10.0 Å². The molecule has 1 N–H and O–H groups in total. The first-order valence-corrected chi connectivity index (χ1v) is 12.3. The first-order valence-electron chi connectivity index (χ1n) is 10.5. The largest absolute Gasteiger partial charge is 0.482 e. The normalized spacial score (nSPS) is 14.1. The van der Waals surface area contributed by atoms with E-state index in [1.54, 1.807) is 16.7 Å². The van der Waals surface area contributed by atoms with Crippen LogP contribution in [0.4, 0.5) is 4.79 Å². The number of hydrogen-bond acceptors (Lipinski definition) is 6. The predicted octanol–water partition coefficient (Wildman–Crippen LogP) is 2.50. The summed E-state index contributed by atoms with van der Waals surface area (Å²) in [4.78, 5) is 27.3. The van der Waals surface area contributed by atoms with E-state index in [-0.39, 0.29) is 40.8 Å². The number of carbonyl (C=O) groups is 2. The molecule has 2 aromatic rings. The molecule has 0 bridgehead atoms. The molecule has 1 saturated heterocycles. The lowest BCUT2D eigenvalue weighted by Crippen LogP contribution is -2.51. The molecule has 0 aliphatic carbocycles. The van der Waals surface area contributed by atoms with Gasteiger partial charge in [-0.2, -0.15) is 0 Å². The number of ether oxygens (including phenoxy) is 2. The molecular formula is C22H26ClN3O6S. The summed E-state index contributed by atoms with van der Waals surface area (Å²) in [5.41, 5.74) is 0.828. The summed E-state index contributed by atoms with van der Waals surface area (Å²) in [7, 11) is -3.77. The Morgan fingerprint density at radius 1 is 1.03 bits per heavy atom. The Morgan fingerprint density at radius 3 is 2.33 bits per heavy atom. The molecule has 1 fully saturated rings. The highest BCUT2D eigenvalue weighted by Crippen LogP contribution is 2.27. The third kappa shape index (κ3) is 6.83. The number of halogens is 1. The van der Waals surface area contributed by atoms with Gasteiger partial charge in [0.25, 0.3) is 5.91 Å². The van der Waals surface area contributed by atoms with Crippen LogP contribution in [-0.4, -0.2) is 69.6 Å². The fraction of sp³-hybridized carbons (Fsp3) is 0.364. The summed E-state index contributed by atoms with van der Waals surface area (Å²) in [5.74, 6) is -0.0482. The van der Waals surface area contributed by atoms with E-state index in [4.69, 9.17) is 21.1 Å². The molecule has 2 aromatic carbocycles. The molecule has 178 valence electrons. The minimum atomic E-state index is -3.77. The number of carbonyl (C=O) groups excluding carboxylic acids is 2. The maximum absolute atomic E-state index is 12.5. The zero-order valence-electron chi connectivity index (χ0n) is 18.2. The molecular weight excluding hydrogens is 470 g/mol. The van der Waals surface area contributed by atoms with Crippen molar-refractivity contribution in [3.63, 3.8) is 0 Å². The molecule has 0 saturated carbocycles. The van der Waals surface area contributed by atoms with Crippen LogP contribution in [0.1, 0.15) is 12.5 Å². The summed E-state index contributed by atoms with van der Waals surface area (Å²) < 4.78 is 38.1. The molecule has 0 spiro atoms. The molecule has 2 amide bonds. The number of nitrogens with zero attached hydrogens (tertiary/aromatic N) is 2. The Balaban J connectivity index is 1.52. The average molecular weight is 496 g/mol. The predicted molar refractivity (Wildman–Crippen MR) is 123 cm³/mol. The van der Waals surface area contributed by atoms with Crippen LogP contribution in [0.15, 0.2) is 53.4 Å². The second-order valence-corrected chi connectivity index (χ2v) is 9.43. The van der Waals surface area contributed by atoms with Crippen LogP contribution in [0, 0.1) is 0 Å². The van der Waals surface area contributed by atoms with Gasteiger partial charge < -0.3 is 19.3 Å². The molecule has 33 heavy (non-hydrogen) atoms. The minimum absolute atomic E-state index is 0.00260. The van der Waals surface area contributed by atoms with Gasteiger partial charge in [-0.3, -0.25) is 4.79 Å². The summed E-state index contributed by atoms with van der Waals surface area (Å²) in [5, 5.41) is 0.0810. The van der Waals surface area contributed by atoms with Gasteiger partial charge in [0, 0.05) is 32.7 Å². The first-order chi connectivity index (χ1) is 15.8. The van der Waals surface area contributed by atoms with Crippen molar-refractivity contribution in [3.8, 4) is 5.75 Å². The number of rotatable bonds is 8. The molecule has 1 aliphatic rings. The molecule has 0 atom stereocenters. The second kappa shape index (κ2) is 11.4. The van der Waals surface area contributed by atoms with Gasteiger partial charge in [-0.05, 0) is 30.7 Å². The Bertz CT molecular complexity index is 1070. The lowest BCUT2D eigenvalue weighted by Gasteiger charge is -2.34. The van der Waals surface area contributed by atoms with Gasteiger partial charge >= 0.3 is 6.09 Å². The van der Waals surface area contributed by atoms with Gasteiger partial charge in [0.05, 0.1) is 16.5 Å². The fourth-order valence-corrected chi connectivity index (χ4v) is 4.55. The Labute approximate surface area is 198 Å². The van der Waals surface area contributed by atoms with Crippen LogP contribution in [0.3, 0.4) is 0 Å². The topological polar surface area (TPSA) is 105 Å². The van der Waals surface area contributed by atoms with Crippen molar-refractivity contribution >= 4 is 33.6 Å². The van der Waals surface area contributed by atoms with Gasteiger partial charge in [0.15, 0.2) is 6.61 Å². The van der Waals surface area contributed by atoms with Crippen molar-refractivity contribution in [1.29, 1.82) is 0 Å². The van der Waals surface area contributed by atoms with E-state index < -0.39 is 10.0 Å². The highest BCUT2D eigenvalue weighted by Gasteiger charge is 2.25. The third-order valence-corrected chi connectivity index (χ3v) is 6.73. The van der Waals surface area contributed by atoms with Crippen LogP contribution >= 0.6 is 11.6 Å². The van der Waals surface area contributed by atoms with E-state index in [2.05, 4.69) is 4.72 Å². The molecule has 11 heteroatoms. The molecule has 0 aromatic heterocycles. The Morgan fingerprint density at radius 2 is 1.70 bits per heavy atom. The minimum Gasteiger partial charge on any atom is -0.482 e. The van der Waals surface area contributed by atoms with Crippen molar-refractivity contribution in [2.75, 3.05) is 39.4 Å². The zero-order chi connectivity index (χ0) is 23.8. The van der Waals surface area contributed by atoms with E-state index in [0.29, 0.717) is 32.8 Å². The van der Waals surface area contributed by atoms with Crippen molar-refractivity contribution < 1.29 is 27.5 Å². The van der Waals surface area contributed by atoms with Gasteiger partial charge in [0.1, 0.15) is 5.75 Å². The Kier molecular flexibility index (Phi) is 8.54. The number of sulfonamides is 1. The summed E-state index contributed by atoms with van der Waals surface area (Å²) in [6, 6.07) is 13.2. The van der Waals surface area contributed by atoms with Gasteiger partial charge in [-0.1, -0.05) is 41.9 Å². The van der Waals surface area contributed by atoms with E-state index in [9.17, 15) is 18.0 Å². The lowest BCUT2D eigenvalue weighted by molar-refractivity contribution is -0.134. The van der Waals surface area contributed by atoms with Crippen LogP contribution in [0.25, 0.3) is 0 Å². The molecule has 1 heterocycles. The maximum Gasteiger partial charge on any atom is 0.409 e. The lowest BCUT2D eigenvalue weighted by atomic mass is 10.2. The SMILES string of the molecule is CCOC(=O)N1CCN(C(=O)COc2ccc(S(=O)(=O)NCc3ccccc3)cc2Cl)CC1. The van der Waals surface area contributed by atoms with Crippen LogP contribution in [0.5, 0.6) is 5.75 Å². The van der Waals surface area contributed by atoms with E-state index in [0.717, 1.165) is 5.56 Å². The third-order valence-electron chi connectivity index (χ3n) is 5.03. The van der Waals surface area contributed by atoms with Gasteiger partial charge in [-0.15, -0.1) is 0 Å². The molecule has 1 aliphatic heterocycles. The van der Waals surface area contributed by atoms with Crippen molar-refractivity contribution in [3.05, 3.63) is 59.1 Å². The number of hydrogen-bond donors (Lipinski definition) is 1. The Hall–Kier alpha value is -2.82. The fourth-order valence-electron chi connectivity index (χ4n) is 3.21. The highest BCUT2D eigenvalue weighted by atomic mass is 35.5. The average Bonchev–Trinajstić information content (AvgIpc) is 2.82. The van der Waals surface area contributed by atoms with E-state index in [1.807, 2.05) is 30.3 Å². The summed E-state index contributed by atoms with van der Waals surface area (Å²) >= 11 is 6.21. The van der Waals surface area contributed by atoms with E-state index in [1.165, 1.54) is 18.2 Å². The highest BCUT2D eigenvalue weighted by molar-refractivity contribution is 7.89. The monoisotopic (exact) mass is 495 g/mol. The van der Waals surface area contributed by atoms with E-state index >= 15 is 0 Å². The number of amides is 2. The molecule has 0 unspecified atom stereocenters. The zero-order valence-corrected chi connectivity index (χ0v) is 19.8. The number of benzene rings is 2. The molecule has 0 radical (unpaired) electrons. The van der Waals surface area contributed by atoms with Crippen molar-refractivity contribution in [2.24, 2.45) is 0 Å². The summed E-state index contributed by atoms with van der Waals surface area (Å²) in [6.45, 7) is 3.45. The first kappa shape index (κ1) is 24.8. The smallest absolute Gasteiger partial charge is 0.409 e. The second-order valence-electron chi connectivity index (χ2n) is 7.26. The molecule has 9 nitrogen and oxygen atoms in total. The van der Waals surface area contributed by atoms with Crippen LogP contribution < -0.4 is 9.46 Å².